The lowest BCUT2D eigenvalue weighted by atomic mass is 9.93. The average Bonchev–Trinajstić information content (AvgIpc) is 2.63. The Balaban J connectivity index is 1.87. The third-order valence-corrected chi connectivity index (χ3v) is 6.31. The molecule has 3 rings (SSSR count). The van der Waals surface area contributed by atoms with Gasteiger partial charge in [-0.1, -0.05) is 52.8 Å². The van der Waals surface area contributed by atoms with Crippen molar-refractivity contribution < 1.29 is 22.1 Å². The molecule has 0 atom stereocenters. The number of piperidine rings is 1. The molecule has 0 aliphatic carbocycles. The van der Waals surface area contributed by atoms with Crippen LogP contribution in [0.2, 0.25) is 0 Å². The minimum absolute atomic E-state index is 0.00891. The van der Waals surface area contributed by atoms with Gasteiger partial charge in [0.2, 0.25) is 0 Å². The first kappa shape index (κ1) is 18.8. The molecule has 0 radical (unpaired) electrons. The predicted molar refractivity (Wildman–Crippen MR) is 98.3 cm³/mol. The summed E-state index contributed by atoms with van der Waals surface area (Å²) in [5.41, 5.74) is 1.01. The van der Waals surface area contributed by atoms with Crippen LogP contribution in [0.5, 0.6) is 0 Å². The fraction of sp³-hybridized carbons (Fsp3) is 0.350. The Bertz CT molecular complexity index is 842. The summed E-state index contributed by atoms with van der Waals surface area (Å²) < 4.78 is 31.4. The summed E-state index contributed by atoms with van der Waals surface area (Å²) >= 11 is 0. The largest absolute Gasteiger partial charge is 0.342 e. The van der Waals surface area contributed by atoms with Crippen LogP contribution in [0, 0.1) is 5.92 Å². The van der Waals surface area contributed by atoms with Crippen molar-refractivity contribution in [3.05, 3.63) is 66.2 Å². The lowest BCUT2D eigenvalue weighted by molar-refractivity contribution is -1.09. The number of carbonyl (C=O) groups excluding carboxylic acids is 1. The molecule has 5 nitrogen and oxygen atoms in total. The monoisotopic (exact) mass is 374 g/mol. The molecule has 1 heterocycles. The number of benzene rings is 2. The minimum atomic E-state index is -3.89. The number of hydrogen-bond donors (Lipinski definition) is 0. The van der Waals surface area contributed by atoms with Gasteiger partial charge in [-0.25, -0.2) is 0 Å². The fourth-order valence-electron chi connectivity index (χ4n) is 3.46. The van der Waals surface area contributed by atoms with E-state index in [1.54, 1.807) is 25.1 Å². The zero-order valence-corrected chi connectivity index (χ0v) is 15.7. The molecule has 26 heavy (non-hydrogen) atoms. The minimum Gasteiger partial charge on any atom is -0.300 e. The van der Waals surface area contributed by atoms with Crippen LogP contribution in [0.3, 0.4) is 0 Å². The Labute approximate surface area is 154 Å². The van der Waals surface area contributed by atoms with Crippen molar-refractivity contribution in [3.8, 4) is 0 Å². The first-order valence-corrected chi connectivity index (χ1v) is 10.2. The van der Waals surface area contributed by atoms with Gasteiger partial charge in [-0.15, -0.1) is 0 Å². The van der Waals surface area contributed by atoms with Gasteiger partial charge in [0.15, 0.2) is 0 Å². The number of rotatable bonds is 6. The molecule has 0 bridgehead atoms. The van der Waals surface area contributed by atoms with Crippen LogP contribution in [0.15, 0.2) is 65.6 Å². The molecule has 2 aromatic carbocycles. The maximum atomic E-state index is 12.8. The van der Waals surface area contributed by atoms with Crippen molar-refractivity contribution in [2.24, 2.45) is 5.92 Å². The first-order chi connectivity index (χ1) is 12.4. The van der Waals surface area contributed by atoms with E-state index in [0.29, 0.717) is 32.5 Å². The third-order valence-electron chi connectivity index (χ3n) is 4.95. The second kappa shape index (κ2) is 7.70. The van der Waals surface area contributed by atoms with E-state index >= 15 is 0 Å². The van der Waals surface area contributed by atoms with Crippen molar-refractivity contribution >= 4 is 15.9 Å². The van der Waals surface area contributed by atoms with Gasteiger partial charge in [0.25, 0.3) is 0 Å². The van der Waals surface area contributed by atoms with Gasteiger partial charge in [0.1, 0.15) is 25.4 Å². The van der Waals surface area contributed by atoms with E-state index in [-0.39, 0.29) is 21.2 Å². The smallest absolute Gasteiger partial charge is 0.300 e. The van der Waals surface area contributed by atoms with Crippen LogP contribution >= 0.6 is 0 Å². The van der Waals surface area contributed by atoms with Gasteiger partial charge in [-0.3, -0.25) is 4.79 Å². The summed E-state index contributed by atoms with van der Waals surface area (Å²) in [6.45, 7) is 3.04. The number of quaternary nitrogens is 1. The molecule has 0 N–H and O–H groups in total. The van der Waals surface area contributed by atoms with Gasteiger partial charge in [0, 0.05) is 24.3 Å². The molecule has 0 unspecified atom stereocenters. The van der Waals surface area contributed by atoms with Gasteiger partial charge in [-0.2, -0.15) is 13.1 Å². The van der Waals surface area contributed by atoms with Crippen molar-refractivity contribution in [2.75, 3.05) is 13.1 Å². The van der Waals surface area contributed by atoms with Crippen LogP contribution in [-0.2, 0) is 25.7 Å². The van der Waals surface area contributed by atoms with Gasteiger partial charge < -0.3 is 0 Å². The number of ketones is 1. The van der Waals surface area contributed by atoms with Crippen LogP contribution in [-0.4, -0.2) is 31.9 Å². The number of Topliss-reactive ketones (excluding diaryl/α,β-unsaturated/α-hetero) is 1. The standard InChI is InChI=1S/C20H24NO4S/c1-17(22)19-12-14-21(15-13-19,16-18-8-4-2-5-9-18)25-26(23,24)20-10-6-3-7-11-20/h2-11,19H,12-16H2,1H3/q+1. The molecule has 1 saturated heterocycles. The van der Waals surface area contributed by atoms with Gasteiger partial charge in [0.05, 0.1) is 4.90 Å². The molecule has 138 valence electrons. The zero-order chi connectivity index (χ0) is 18.6. The molecular weight excluding hydrogens is 350 g/mol. The summed E-state index contributed by atoms with van der Waals surface area (Å²) in [7, 11) is -3.89. The molecule has 0 saturated carbocycles. The summed E-state index contributed by atoms with van der Waals surface area (Å²) in [6, 6.07) is 17.9. The number of hydrogen-bond acceptors (Lipinski definition) is 4. The van der Waals surface area contributed by atoms with Crippen molar-refractivity contribution in [2.45, 2.75) is 31.2 Å². The molecule has 6 heteroatoms. The maximum absolute atomic E-state index is 12.8. The van der Waals surface area contributed by atoms with E-state index in [2.05, 4.69) is 0 Å². The van der Waals surface area contributed by atoms with E-state index in [4.69, 9.17) is 4.28 Å². The zero-order valence-electron chi connectivity index (χ0n) is 14.9. The van der Waals surface area contributed by atoms with Crippen molar-refractivity contribution in [1.82, 2.24) is 0 Å². The SMILES string of the molecule is CC(=O)C1CC[N+](Cc2ccccc2)(OS(=O)(=O)c2ccccc2)CC1. The summed E-state index contributed by atoms with van der Waals surface area (Å²) in [6.07, 6.45) is 1.26. The highest BCUT2D eigenvalue weighted by Crippen LogP contribution is 2.30. The Morgan fingerprint density at radius 1 is 1.00 bits per heavy atom. The molecule has 1 aliphatic heterocycles. The third kappa shape index (κ3) is 4.38. The Morgan fingerprint density at radius 2 is 1.54 bits per heavy atom. The Morgan fingerprint density at radius 3 is 2.08 bits per heavy atom. The van der Waals surface area contributed by atoms with E-state index in [1.165, 1.54) is 12.1 Å². The van der Waals surface area contributed by atoms with E-state index in [0.717, 1.165) is 5.56 Å². The number of likely N-dealkylation sites (tertiary alicyclic amines) is 1. The molecule has 1 fully saturated rings. The highest BCUT2D eigenvalue weighted by molar-refractivity contribution is 7.86. The fourth-order valence-corrected chi connectivity index (χ4v) is 4.65. The number of carbonyl (C=O) groups is 1. The second-order valence-corrected chi connectivity index (χ2v) is 8.40. The predicted octanol–water partition coefficient (Wildman–Crippen LogP) is 3.32. The van der Waals surface area contributed by atoms with Crippen LogP contribution < -0.4 is 0 Å². The Kier molecular flexibility index (Phi) is 5.55. The highest BCUT2D eigenvalue weighted by Gasteiger charge is 2.42. The number of nitrogens with zero attached hydrogens (tertiary/aromatic N) is 1. The average molecular weight is 374 g/mol. The Hall–Kier alpha value is -2.02. The maximum Gasteiger partial charge on any atom is 0.342 e. The summed E-state index contributed by atoms with van der Waals surface area (Å²) in [4.78, 5) is 11.9. The van der Waals surface area contributed by atoms with E-state index in [9.17, 15) is 13.2 Å². The van der Waals surface area contributed by atoms with Crippen molar-refractivity contribution in [3.63, 3.8) is 0 Å². The van der Waals surface area contributed by atoms with E-state index < -0.39 is 10.1 Å². The quantitative estimate of drug-likeness (QED) is 0.728. The number of hydroxylamine groups is 3. The van der Waals surface area contributed by atoms with Crippen LogP contribution in [0.4, 0.5) is 0 Å². The topological polar surface area (TPSA) is 60.4 Å². The molecular formula is C20H24NO4S+. The normalized spacial score (nSPS) is 23.5. The van der Waals surface area contributed by atoms with Gasteiger partial charge in [-0.05, 0) is 19.1 Å². The second-order valence-electron chi connectivity index (χ2n) is 6.88. The van der Waals surface area contributed by atoms with Crippen molar-refractivity contribution in [1.29, 1.82) is 0 Å². The van der Waals surface area contributed by atoms with E-state index in [1.807, 2.05) is 30.3 Å². The molecule has 0 amide bonds. The summed E-state index contributed by atoms with van der Waals surface area (Å²) in [5.74, 6) is 0.147. The first-order valence-electron chi connectivity index (χ1n) is 8.82. The van der Waals surface area contributed by atoms with Crippen LogP contribution in [0.25, 0.3) is 0 Å². The molecule has 0 spiro atoms. The molecule has 1 aliphatic rings. The molecule has 2 aromatic rings. The molecule has 0 aromatic heterocycles. The van der Waals surface area contributed by atoms with Gasteiger partial charge >= 0.3 is 10.1 Å². The lowest BCUT2D eigenvalue weighted by Gasteiger charge is -2.39. The summed E-state index contributed by atoms with van der Waals surface area (Å²) in [5, 5.41) is 0. The van der Waals surface area contributed by atoms with Crippen LogP contribution in [0.1, 0.15) is 25.3 Å². The highest BCUT2D eigenvalue weighted by atomic mass is 32.2. The lowest BCUT2D eigenvalue weighted by Crippen LogP contribution is -2.53.